The van der Waals surface area contributed by atoms with Crippen molar-refractivity contribution in [3.63, 3.8) is 0 Å². The van der Waals surface area contributed by atoms with Crippen molar-refractivity contribution in [3.8, 4) is 17.2 Å². The van der Waals surface area contributed by atoms with Gasteiger partial charge in [0.25, 0.3) is 0 Å². The van der Waals surface area contributed by atoms with Crippen LogP contribution in [0.1, 0.15) is 31.2 Å². The predicted octanol–water partition coefficient (Wildman–Crippen LogP) is 2.32. The first kappa shape index (κ1) is 17.2. The number of nitrogens with one attached hydrogen (secondary N) is 2. The fourth-order valence-electron chi connectivity index (χ4n) is 2.88. The van der Waals surface area contributed by atoms with E-state index in [1.807, 2.05) is 12.1 Å². The van der Waals surface area contributed by atoms with E-state index in [0.29, 0.717) is 18.3 Å². The van der Waals surface area contributed by atoms with E-state index >= 15 is 0 Å². The van der Waals surface area contributed by atoms with Gasteiger partial charge in [-0.05, 0) is 12.8 Å². The Labute approximate surface area is 138 Å². The van der Waals surface area contributed by atoms with E-state index < -0.39 is 0 Å². The van der Waals surface area contributed by atoms with E-state index in [0.717, 1.165) is 23.0 Å². The molecule has 128 valence electrons. The molecular formula is C17H27N3O3. The van der Waals surface area contributed by atoms with Crippen molar-refractivity contribution in [3.05, 3.63) is 17.7 Å². The molecule has 6 nitrogen and oxygen atoms in total. The summed E-state index contributed by atoms with van der Waals surface area (Å²) in [5.74, 6) is 2.96. The standard InChI is InChI=1S/C17H27N3O3/c1-18-17(20-12-7-5-6-8-12)19-11-14-15(22-3)9-13(21-2)10-16(14)23-4/h9-10,12H,5-8,11H2,1-4H3,(H2,18,19,20). The normalized spacial score (nSPS) is 15.4. The lowest BCUT2D eigenvalue weighted by Crippen LogP contribution is -2.42. The molecule has 2 rings (SSSR count). The zero-order valence-electron chi connectivity index (χ0n) is 14.4. The Hall–Kier alpha value is -2.11. The lowest BCUT2D eigenvalue weighted by atomic mass is 10.1. The van der Waals surface area contributed by atoms with Gasteiger partial charge in [0.1, 0.15) is 17.2 Å². The fraction of sp³-hybridized carbons (Fsp3) is 0.588. The molecule has 0 heterocycles. The highest BCUT2D eigenvalue weighted by Crippen LogP contribution is 2.33. The summed E-state index contributed by atoms with van der Waals surface area (Å²) in [6.45, 7) is 0.558. The molecule has 0 radical (unpaired) electrons. The van der Waals surface area contributed by atoms with Crippen molar-refractivity contribution in [1.82, 2.24) is 10.6 Å². The average molecular weight is 321 g/mol. The summed E-state index contributed by atoms with van der Waals surface area (Å²) in [6.07, 6.45) is 4.98. The summed E-state index contributed by atoms with van der Waals surface area (Å²) in [5, 5.41) is 6.80. The Morgan fingerprint density at radius 1 is 1.09 bits per heavy atom. The van der Waals surface area contributed by atoms with Gasteiger partial charge in [0, 0.05) is 25.2 Å². The number of nitrogens with zero attached hydrogens (tertiary/aromatic N) is 1. The Bertz CT molecular complexity index is 515. The molecule has 1 aromatic carbocycles. The number of aliphatic imine (C=N–C) groups is 1. The lowest BCUT2D eigenvalue weighted by Gasteiger charge is -2.19. The Morgan fingerprint density at radius 3 is 2.17 bits per heavy atom. The maximum absolute atomic E-state index is 5.47. The summed E-state index contributed by atoms with van der Waals surface area (Å²) in [6, 6.07) is 4.22. The minimum Gasteiger partial charge on any atom is -0.496 e. The maximum Gasteiger partial charge on any atom is 0.191 e. The third-order valence-corrected chi connectivity index (χ3v) is 4.17. The summed E-state index contributed by atoms with van der Waals surface area (Å²) in [4.78, 5) is 4.30. The smallest absolute Gasteiger partial charge is 0.191 e. The third-order valence-electron chi connectivity index (χ3n) is 4.17. The van der Waals surface area contributed by atoms with Gasteiger partial charge in [0.15, 0.2) is 5.96 Å². The van der Waals surface area contributed by atoms with Gasteiger partial charge in [0.05, 0.1) is 33.4 Å². The third kappa shape index (κ3) is 4.43. The second-order valence-corrected chi connectivity index (χ2v) is 5.56. The van der Waals surface area contributed by atoms with Crippen molar-refractivity contribution in [2.45, 2.75) is 38.3 Å². The topological polar surface area (TPSA) is 64.1 Å². The molecule has 6 heteroatoms. The summed E-state index contributed by atoms with van der Waals surface area (Å²) in [7, 11) is 6.69. The van der Waals surface area contributed by atoms with E-state index in [4.69, 9.17) is 14.2 Å². The van der Waals surface area contributed by atoms with Crippen LogP contribution in [0.15, 0.2) is 17.1 Å². The fourth-order valence-corrected chi connectivity index (χ4v) is 2.88. The van der Waals surface area contributed by atoms with Gasteiger partial charge in [-0.3, -0.25) is 4.99 Å². The molecule has 1 aliphatic rings. The van der Waals surface area contributed by atoms with Gasteiger partial charge < -0.3 is 24.8 Å². The first-order valence-corrected chi connectivity index (χ1v) is 7.97. The van der Waals surface area contributed by atoms with Crippen molar-refractivity contribution in [2.75, 3.05) is 28.4 Å². The van der Waals surface area contributed by atoms with Crippen molar-refractivity contribution >= 4 is 5.96 Å². The maximum atomic E-state index is 5.47. The second kappa shape index (κ2) is 8.50. The molecule has 0 aromatic heterocycles. The molecule has 0 amide bonds. The van der Waals surface area contributed by atoms with E-state index in [-0.39, 0.29) is 0 Å². The number of guanidine groups is 1. The van der Waals surface area contributed by atoms with Crippen molar-refractivity contribution < 1.29 is 14.2 Å². The predicted molar refractivity (Wildman–Crippen MR) is 91.7 cm³/mol. The minimum atomic E-state index is 0.515. The number of hydrogen-bond acceptors (Lipinski definition) is 4. The van der Waals surface area contributed by atoms with Crippen LogP contribution in [0.5, 0.6) is 17.2 Å². The van der Waals surface area contributed by atoms with Crippen LogP contribution in [-0.4, -0.2) is 40.4 Å². The van der Waals surface area contributed by atoms with Crippen LogP contribution in [0.25, 0.3) is 0 Å². The molecule has 1 aromatic rings. The Balaban J connectivity index is 2.08. The molecule has 0 atom stereocenters. The number of hydrogen-bond donors (Lipinski definition) is 2. The molecule has 0 spiro atoms. The lowest BCUT2D eigenvalue weighted by molar-refractivity contribution is 0.368. The highest BCUT2D eigenvalue weighted by atomic mass is 16.5. The number of methoxy groups -OCH3 is 3. The molecule has 0 unspecified atom stereocenters. The SMILES string of the molecule is CN=C(NCc1c(OC)cc(OC)cc1OC)NC1CCCC1. The number of benzene rings is 1. The first-order chi connectivity index (χ1) is 11.2. The highest BCUT2D eigenvalue weighted by molar-refractivity contribution is 5.80. The van der Waals surface area contributed by atoms with Gasteiger partial charge in [-0.25, -0.2) is 0 Å². The van der Waals surface area contributed by atoms with Gasteiger partial charge in [-0.1, -0.05) is 12.8 Å². The molecule has 1 saturated carbocycles. The molecule has 23 heavy (non-hydrogen) atoms. The molecule has 0 bridgehead atoms. The van der Waals surface area contributed by atoms with E-state index in [1.54, 1.807) is 28.4 Å². The summed E-state index contributed by atoms with van der Waals surface area (Å²) >= 11 is 0. The van der Waals surface area contributed by atoms with Gasteiger partial charge >= 0.3 is 0 Å². The minimum absolute atomic E-state index is 0.515. The van der Waals surface area contributed by atoms with Crippen molar-refractivity contribution in [1.29, 1.82) is 0 Å². The number of ether oxygens (including phenoxy) is 3. The average Bonchev–Trinajstić information content (AvgIpc) is 3.10. The van der Waals surface area contributed by atoms with E-state index in [2.05, 4.69) is 15.6 Å². The second-order valence-electron chi connectivity index (χ2n) is 5.56. The van der Waals surface area contributed by atoms with Crippen LogP contribution in [0.3, 0.4) is 0 Å². The zero-order valence-corrected chi connectivity index (χ0v) is 14.4. The molecular weight excluding hydrogens is 294 g/mol. The molecule has 1 aliphatic carbocycles. The Morgan fingerprint density at radius 2 is 1.70 bits per heavy atom. The number of rotatable bonds is 6. The monoisotopic (exact) mass is 321 g/mol. The van der Waals surface area contributed by atoms with Gasteiger partial charge in [0.2, 0.25) is 0 Å². The highest BCUT2D eigenvalue weighted by Gasteiger charge is 2.17. The first-order valence-electron chi connectivity index (χ1n) is 7.97. The molecule has 0 saturated heterocycles. The quantitative estimate of drug-likeness (QED) is 0.622. The van der Waals surface area contributed by atoms with E-state index in [9.17, 15) is 0 Å². The molecule has 1 fully saturated rings. The van der Waals surface area contributed by atoms with Crippen LogP contribution in [0.2, 0.25) is 0 Å². The van der Waals surface area contributed by atoms with Crippen molar-refractivity contribution in [2.24, 2.45) is 4.99 Å². The summed E-state index contributed by atoms with van der Waals surface area (Å²) < 4.78 is 16.2. The zero-order chi connectivity index (χ0) is 16.7. The molecule has 0 aliphatic heterocycles. The van der Waals surface area contributed by atoms with E-state index in [1.165, 1.54) is 25.7 Å². The van der Waals surface area contributed by atoms with Gasteiger partial charge in [-0.2, -0.15) is 0 Å². The van der Waals surface area contributed by atoms with Crippen LogP contribution in [0, 0.1) is 0 Å². The van der Waals surface area contributed by atoms with Gasteiger partial charge in [-0.15, -0.1) is 0 Å². The largest absolute Gasteiger partial charge is 0.496 e. The molecule has 2 N–H and O–H groups in total. The Kier molecular flexibility index (Phi) is 6.38. The summed E-state index contributed by atoms with van der Waals surface area (Å²) in [5.41, 5.74) is 0.935. The van der Waals surface area contributed by atoms with Crippen LogP contribution in [0.4, 0.5) is 0 Å². The van der Waals surface area contributed by atoms with Crippen LogP contribution < -0.4 is 24.8 Å². The van der Waals surface area contributed by atoms with Crippen LogP contribution in [-0.2, 0) is 6.54 Å². The van der Waals surface area contributed by atoms with Crippen LogP contribution >= 0.6 is 0 Å².